The highest BCUT2D eigenvalue weighted by Gasteiger charge is 2.34. The van der Waals surface area contributed by atoms with E-state index in [4.69, 9.17) is 4.98 Å². The molecule has 1 aliphatic rings. The molecule has 2 aromatic carbocycles. The van der Waals surface area contributed by atoms with Crippen LogP contribution in [0.15, 0.2) is 46.7 Å². The predicted molar refractivity (Wildman–Crippen MR) is 120 cm³/mol. The van der Waals surface area contributed by atoms with Crippen molar-refractivity contribution in [3.8, 4) is 0 Å². The van der Waals surface area contributed by atoms with E-state index in [1.165, 1.54) is 16.7 Å². The highest BCUT2D eigenvalue weighted by atomic mass is 32.2. The summed E-state index contributed by atoms with van der Waals surface area (Å²) in [5, 5.41) is 2.25. The summed E-state index contributed by atoms with van der Waals surface area (Å²) in [5.74, 6) is -1.81. The fraction of sp³-hybridized carbons (Fsp3) is 0.348. The van der Waals surface area contributed by atoms with Gasteiger partial charge in [0, 0.05) is 31.0 Å². The summed E-state index contributed by atoms with van der Waals surface area (Å²) in [6, 6.07) is 8.90. The lowest BCUT2D eigenvalue weighted by molar-refractivity contribution is 0.516. The van der Waals surface area contributed by atoms with Gasteiger partial charge in [0.2, 0.25) is 0 Å². The number of nitrogens with zero attached hydrogens (tertiary/aromatic N) is 2. The molecular weight excluding hydrogens is 438 g/mol. The second-order valence-corrected chi connectivity index (χ2v) is 11.0. The summed E-state index contributed by atoms with van der Waals surface area (Å²) >= 11 is 1.56. The zero-order valence-electron chi connectivity index (χ0n) is 17.4. The molecule has 31 heavy (non-hydrogen) atoms. The van der Waals surface area contributed by atoms with E-state index in [0.29, 0.717) is 32.0 Å². The molecule has 0 spiro atoms. The van der Waals surface area contributed by atoms with Crippen LogP contribution in [0.5, 0.6) is 0 Å². The van der Waals surface area contributed by atoms with Crippen LogP contribution in [-0.2, 0) is 16.3 Å². The van der Waals surface area contributed by atoms with Gasteiger partial charge in [-0.1, -0.05) is 18.2 Å². The number of hydrogen-bond acceptors (Lipinski definition) is 5. The molecule has 0 bridgehead atoms. The number of hydrogen-bond donors (Lipinski definition) is 0. The summed E-state index contributed by atoms with van der Waals surface area (Å²) < 4.78 is 52.9. The van der Waals surface area contributed by atoms with Crippen molar-refractivity contribution < 1.29 is 17.2 Å². The van der Waals surface area contributed by atoms with Crippen molar-refractivity contribution >= 4 is 26.3 Å². The molecule has 1 fully saturated rings. The number of benzene rings is 2. The molecule has 8 heteroatoms. The van der Waals surface area contributed by atoms with Crippen LogP contribution in [0, 0.1) is 25.5 Å². The molecule has 2 heterocycles. The van der Waals surface area contributed by atoms with Gasteiger partial charge >= 0.3 is 0 Å². The number of rotatable bonds is 5. The number of anilines is 1. The Morgan fingerprint density at radius 1 is 1.13 bits per heavy atom. The Bertz CT molecular complexity index is 1200. The molecule has 164 valence electrons. The molecule has 0 saturated carbocycles. The molecular formula is C23H24F2N2O2S2. The molecule has 0 atom stereocenters. The molecule has 0 amide bonds. The van der Waals surface area contributed by atoms with E-state index in [0.717, 1.165) is 29.4 Å². The minimum absolute atomic E-state index is 0.380. The standard InChI is InChI=1S/C23H24F2N2O2S2/c1-15-4-3-5-17(16(15)2)12-19-14-30-23(26-19)27-10-8-20(9-11-27)31(28,29)22-7-6-18(24)13-21(22)25/h3-7,13-14,20H,8-12H2,1-2H3. The third-order valence-electron chi connectivity index (χ3n) is 5.98. The zero-order chi connectivity index (χ0) is 22.2. The van der Waals surface area contributed by atoms with Crippen LogP contribution in [0.2, 0.25) is 0 Å². The van der Waals surface area contributed by atoms with Crippen molar-refractivity contribution in [3.05, 3.63) is 75.8 Å². The molecule has 0 unspecified atom stereocenters. The first kappa shape index (κ1) is 21.9. The first-order valence-electron chi connectivity index (χ1n) is 10.2. The second-order valence-electron chi connectivity index (χ2n) is 7.96. The summed E-state index contributed by atoms with van der Waals surface area (Å²) in [6.07, 6.45) is 1.52. The van der Waals surface area contributed by atoms with Crippen LogP contribution in [-0.4, -0.2) is 31.7 Å². The lowest BCUT2D eigenvalue weighted by Gasteiger charge is -2.31. The second kappa shape index (κ2) is 8.67. The lowest BCUT2D eigenvalue weighted by Crippen LogP contribution is -2.39. The van der Waals surface area contributed by atoms with E-state index in [9.17, 15) is 17.2 Å². The molecule has 1 saturated heterocycles. The van der Waals surface area contributed by atoms with E-state index in [1.807, 2.05) is 5.38 Å². The Morgan fingerprint density at radius 3 is 2.58 bits per heavy atom. The van der Waals surface area contributed by atoms with Gasteiger partial charge in [-0.05, 0) is 55.5 Å². The van der Waals surface area contributed by atoms with Crippen molar-refractivity contribution in [2.75, 3.05) is 18.0 Å². The van der Waals surface area contributed by atoms with E-state index in [1.54, 1.807) is 11.3 Å². The summed E-state index contributed by atoms with van der Waals surface area (Å²) in [7, 11) is -3.84. The summed E-state index contributed by atoms with van der Waals surface area (Å²) in [6.45, 7) is 5.28. The fourth-order valence-corrected chi connectivity index (χ4v) is 6.62. The van der Waals surface area contributed by atoms with Gasteiger partial charge in [0.05, 0.1) is 10.9 Å². The van der Waals surface area contributed by atoms with E-state index < -0.39 is 31.6 Å². The quantitative estimate of drug-likeness (QED) is 0.497. The van der Waals surface area contributed by atoms with E-state index in [2.05, 4.69) is 36.9 Å². The van der Waals surface area contributed by atoms with Crippen LogP contribution in [0.1, 0.15) is 35.2 Å². The average Bonchev–Trinajstić information content (AvgIpc) is 3.20. The molecule has 4 nitrogen and oxygen atoms in total. The molecule has 3 aromatic rings. The van der Waals surface area contributed by atoms with Gasteiger partial charge in [-0.25, -0.2) is 22.2 Å². The summed E-state index contributed by atoms with van der Waals surface area (Å²) in [5.41, 5.74) is 4.78. The van der Waals surface area contributed by atoms with Crippen molar-refractivity contribution in [2.45, 2.75) is 43.3 Å². The van der Waals surface area contributed by atoms with Crippen LogP contribution >= 0.6 is 11.3 Å². The largest absolute Gasteiger partial charge is 0.348 e. The minimum atomic E-state index is -3.84. The fourth-order valence-electron chi connectivity index (χ4n) is 3.96. The van der Waals surface area contributed by atoms with Crippen molar-refractivity contribution in [3.63, 3.8) is 0 Å². The van der Waals surface area contributed by atoms with Crippen molar-refractivity contribution in [1.82, 2.24) is 4.98 Å². The maximum Gasteiger partial charge on any atom is 0.185 e. The van der Waals surface area contributed by atoms with Crippen LogP contribution in [0.3, 0.4) is 0 Å². The Morgan fingerprint density at radius 2 is 1.87 bits per heavy atom. The molecule has 1 aliphatic heterocycles. The zero-order valence-corrected chi connectivity index (χ0v) is 19.1. The first-order valence-corrected chi connectivity index (χ1v) is 12.6. The number of piperidine rings is 1. The van der Waals surface area contributed by atoms with Gasteiger partial charge < -0.3 is 4.90 Å². The van der Waals surface area contributed by atoms with Gasteiger partial charge in [-0.3, -0.25) is 0 Å². The highest BCUT2D eigenvalue weighted by Crippen LogP contribution is 2.31. The van der Waals surface area contributed by atoms with E-state index in [-0.39, 0.29) is 0 Å². The van der Waals surface area contributed by atoms with Crippen molar-refractivity contribution in [2.24, 2.45) is 0 Å². The third kappa shape index (κ3) is 4.50. The molecule has 0 radical (unpaired) electrons. The van der Waals surface area contributed by atoms with Gasteiger partial charge in [0.1, 0.15) is 16.5 Å². The maximum absolute atomic E-state index is 14.0. The lowest BCUT2D eigenvalue weighted by atomic mass is 10.0. The normalized spacial score (nSPS) is 15.4. The van der Waals surface area contributed by atoms with Crippen LogP contribution in [0.25, 0.3) is 0 Å². The molecule has 4 rings (SSSR count). The van der Waals surface area contributed by atoms with Crippen molar-refractivity contribution in [1.29, 1.82) is 0 Å². The monoisotopic (exact) mass is 462 g/mol. The Hall–Kier alpha value is -2.32. The predicted octanol–water partition coefficient (Wildman–Crippen LogP) is 5.07. The average molecular weight is 463 g/mol. The van der Waals surface area contributed by atoms with Gasteiger partial charge in [-0.15, -0.1) is 11.3 Å². The van der Waals surface area contributed by atoms with Crippen LogP contribution in [0.4, 0.5) is 13.9 Å². The Labute approximate surface area is 185 Å². The van der Waals surface area contributed by atoms with E-state index >= 15 is 0 Å². The number of halogens is 2. The van der Waals surface area contributed by atoms with Gasteiger partial charge in [0.15, 0.2) is 15.0 Å². The topological polar surface area (TPSA) is 50.3 Å². The number of sulfone groups is 1. The van der Waals surface area contributed by atoms with Gasteiger partial charge in [-0.2, -0.15) is 0 Å². The maximum atomic E-state index is 14.0. The molecule has 0 N–H and O–H groups in total. The molecule has 0 aliphatic carbocycles. The molecule has 1 aromatic heterocycles. The summed E-state index contributed by atoms with van der Waals surface area (Å²) in [4.78, 5) is 6.43. The SMILES string of the molecule is Cc1cccc(Cc2csc(N3CCC(S(=O)(=O)c4ccc(F)cc4F)CC3)n2)c1C. The van der Waals surface area contributed by atoms with Gasteiger partial charge in [0.25, 0.3) is 0 Å². The smallest absolute Gasteiger partial charge is 0.185 e. The Kier molecular flexibility index (Phi) is 6.12. The minimum Gasteiger partial charge on any atom is -0.348 e. The first-order chi connectivity index (χ1) is 14.8. The highest BCUT2D eigenvalue weighted by molar-refractivity contribution is 7.92. The third-order valence-corrected chi connectivity index (χ3v) is 9.22. The number of thiazole rings is 1. The number of aromatic nitrogens is 1. The Balaban J connectivity index is 1.43. The number of aryl methyl sites for hydroxylation is 1. The van der Waals surface area contributed by atoms with Crippen LogP contribution < -0.4 is 4.90 Å².